The van der Waals surface area contributed by atoms with Gasteiger partial charge in [0.15, 0.2) is 5.82 Å². The van der Waals surface area contributed by atoms with Gasteiger partial charge in [0.2, 0.25) is 0 Å². The molecule has 2 N–H and O–H groups in total. The molecule has 2 saturated heterocycles. The molecular weight excluding hydrogens is 426 g/mol. The van der Waals surface area contributed by atoms with Gasteiger partial charge >= 0.3 is 0 Å². The van der Waals surface area contributed by atoms with Crippen LogP contribution in [0.25, 0.3) is 11.0 Å². The van der Waals surface area contributed by atoms with Gasteiger partial charge in [-0.05, 0) is 62.2 Å². The van der Waals surface area contributed by atoms with Gasteiger partial charge in [-0.25, -0.2) is 15.0 Å². The normalized spacial score (nSPS) is 22.8. The van der Waals surface area contributed by atoms with Gasteiger partial charge in [-0.3, -0.25) is 4.98 Å². The third-order valence-corrected chi connectivity index (χ3v) is 7.16. The van der Waals surface area contributed by atoms with Gasteiger partial charge in [0.25, 0.3) is 0 Å². The topological polar surface area (TPSA) is 103 Å². The maximum Gasteiger partial charge on any atom is 0.152 e. The number of benzene rings is 1. The van der Waals surface area contributed by atoms with E-state index in [0.717, 1.165) is 61.2 Å². The number of allylic oxidation sites excluding steroid dienone is 1. The highest BCUT2D eigenvalue weighted by atomic mass is 16.5. The van der Waals surface area contributed by atoms with Crippen molar-refractivity contribution in [1.29, 1.82) is 0 Å². The summed E-state index contributed by atoms with van der Waals surface area (Å²) < 4.78 is -0.175. The highest BCUT2D eigenvalue weighted by Crippen LogP contribution is 2.43. The van der Waals surface area contributed by atoms with Gasteiger partial charge in [0, 0.05) is 36.5 Å². The van der Waals surface area contributed by atoms with E-state index in [1.54, 1.807) is 18.5 Å². The molecule has 0 aliphatic carbocycles. The van der Waals surface area contributed by atoms with Crippen molar-refractivity contribution in [2.75, 3.05) is 31.1 Å². The Kier molecular flexibility index (Phi) is 6.26. The van der Waals surface area contributed by atoms with E-state index in [2.05, 4.69) is 19.9 Å². The standard InChI is InChI=1S/C26H31N7O/c27-11-4-12-28-24-17-21(7-13-29-24)19-33(34)16-3-8-26(20-33)9-14-32(15-10-26)25-18-30-22-5-1-2-6-23(22)31-25/h1-2,4-7,11-13,17-18H,3,8-10,14-16,19-20,27H2. The van der Waals surface area contributed by atoms with Gasteiger partial charge in [0.05, 0.1) is 30.3 Å². The van der Waals surface area contributed by atoms with Crippen molar-refractivity contribution in [3.8, 4) is 0 Å². The summed E-state index contributed by atoms with van der Waals surface area (Å²) in [6.45, 7) is 3.62. The largest absolute Gasteiger partial charge is 0.633 e. The number of quaternary nitrogens is 1. The van der Waals surface area contributed by atoms with Gasteiger partial charge < -0.3 is 20.5 Å². The fourth-order valence-electron chi connectivity index (χ4n) is 5.50. The Morgan fingerprint density at radius 1 is 1.12 bits per heavy atom. The number of rotatable bonds is 5. The number of hydroxylamine groups is 3. The van der Waals surface area contributed by atoms with Gasteiger partial charge in [-0.2, -0.15) is 0 Å². The molecule has 4 heterocycles. The van der Waals surface area contributed by atoms with E-state index in [0.29, 0.717) is 25.5 Å². The van der Waals surface area contributed by atoms with Gasteiger partial charge in [0.1, 0.15) is 12.4 Å². The second kappa shape index (κ2) is 9.48. The van der Waals surface area contributed by atoms with E-state index in [1.165, 1.54) is 6.20 Å². The van der Waals surface area contributed by atoms with Crippen molar-refractivity contribution >= 4 is 28.9 Å². The molecule has 1 unspecified atom stereocenters. The summed E-state index contributed by atoms with van der Waals surface area (Å²) in [6.07, 6.45) is 12.4. The molecule has 176 valence electrons. The van der Waals surface area contributed by atoms with Crippen molar-refractivity contribution in [3.63, 3.8) is 0 Å². The lowest BCUT2D eigenvalue weighted by molar-refractivity contribution is -0.906. The first-order valence-electron chi connectivity index (χ1n) is 12.0. The van der Waals surface area contributed by atoms with Crippen LogP contribution in [0.5, 0.6) is 0 Å². The van der Waals surface area contributed by atoms with Crippen molar-refractivity contribution in [1.82, 2.24) is 15.0 Å². The first-order chi connectivity index (χ1) is 16.6. The average Bonchev–Trinajstić information content (AvgIpc) is 2.84. The number of nitrogens with zero attached hydrogens (tertiary/aromatic N) is 6. The Hall–Kier alpha value is -3.36. The maximum absolute atomic E-state index is 13.8. The number of aliphatic imine (C=N–C) groups is 1. The second-order valence-electron chi connectivity index (χ2n) is 9.59. The maximum atomic E-state index is 13.8. The molecule has 2 fully saturated rings. The van der Waals surface area contributed by atoms with Crippen LogP contribution in [0, 0.1) is 10.6 Å². The SMILES string of the molecule is NC=CC=Nc1cc(C[N+]2([O-])CCCC3(CCN(c4cnc5ccccc5n4)CC3)C2)ccn1. The van der Waals surface area contributed by atoms with Crippen LogP contribution < -0.4 is 10.6 Å². The van der Waals surface area contributed by atoms with Crippen LogP contribution in [0.15, 0.2) is 66.1 Å². The number of hydrogen-bond acceptors (Lipinski definition) is 7. The minimum Gasteiger partial charge on any atom is -0.633 e. The summed E-state index contributed by atoms with van der Waals surface area (Å²) in [4.78, 5) is 20.3. The Balaban J connectivity index is 1.25. The van der Waals surface area contributed by atoms with E-state index >= 15 is 0 Å². The van der Waals surface area contributed by atoms with E-state index in [-0.39, 0.29) is 10.1 Å². The van der Waals surface area contributed by atoms with Crippen LogP contribution in [-0.4, -0.2) is 52.0 Å². The quantitative estimate of drug-likeness (QED) is 0.352. The molecule has 1 aromatic carbocycles. The molecule has 8 heteroatoms. The molecule has 1 spiro atoms. The molecule has 0 saturated carbocycles. The highest BCUT2D eigenvalue weighted by molar-refractivity contribution is 5.75. The van der Waals surface area contributed by atoms with E-state index in [9.17, 15) is 5.21 Å². The zero-order valence-electron chi connectivity index (χ0n) is 19.4. The average molecular weight is 458 g/mol. The molecule has 0 bridgehead atoms. The lowest BCUT2D eigenvalue weighted by Gasteiger charge is -2.55. The second-order valence-corrected chi connectivity index (χ2v) is 9.59. The number of piperidine rings is 2. The van der Waals surface area contributed by atoms with Crippen LogP contribution >= 0.6 is 0 Å². The Labute approximate surface area is 200 Å². The number of fused-ring (bicyclic) bond motifs is 1. The molecule has 2 aromatic heterocycles. The minimum atomic E-state index is -0.175. The lowest BCUT2D eigenvalue weighted by Crippen LogP contribution is -2.56. The zero-order chi connectivity index (χ0) is 23.4. The summed E-state index contributed by atoms with van der Waals surface area (Å²) in [5.41, 5.74) is 8.27. The number of likely N-dealkylation sites (tertiary alicyclic amines) is 1. The Bertz CT molecular complexity index is 1200. The van der Waals surface area contributed by atoms with Crippen molar-refractivity contribution in [2.24, 2.45) is 16.1 Å². The fraction of sp³-hybridized carbons (Fsp3) is 0.385. The summed E-state index contributed by atoms with van der Waals surface area (Å²) >= 11 is 0. The predicted molar refractivity (Wildman–Crippen MR) is 135 cm³/mol. The van der Waals surface area contributed by atoms with Crippen LogP contribution in [0.1, 0.15) is 31.2 Å². The molecule has 34 heavy (non-hydrogen) atoms. The molecular formula is C26H31N7O. The van der Waals surface area contributed by atoms with Crippen LogP contribution in [-0.2, 0) is 6.54 Å². The van der Waals surface area contributed by atoms with Crippen molar-refractivity contribution in [3.05, 3.63) is 71.8 Å². The molecule has 1 atom stereocenters. The minimum absolute atomic E-state index is 0.0979. The number of para-hydroxylation sites is 2. The number of hydrogen-bond donors (Lipinski definition) is 1. The van der Waals surface area contributed by atoms with Crippen molar-refractivity contribution < 1.29 is 4.65 Å². The molecule has 0 radical (unpaired) electrons. The Morgan fingerprint density at radius 2 is 1.94 bits per heavy atom. The molecule has 2 aliphatic heterocycles. The smallest absolute Gasteiger partial charge is 0.152 e. The van der Waals surface area contributed by atoms with Crippen LogP contribution in [0.2, 0.25) is 0 Å². The van der Waals surface area contributed by atoms with Crippen LogP contribution in [0.3, 0.4) is 0 Å². The highest BCUT2D eigenvalue weighted by Gasteiger charge is 2.43. The summed E-state index contributed by atoms with van der Waals surface area (Å²) in [5, 5.41) is 13.8. The molecule has 5 rings (SSSR count). The molecule has 3 aromatic rings. The third kappa shape index (κ3) is 4.93. The van der Waals surface area contributed by atoms with E-state index in [4.69, 9.17) is 10.7 Å². The molecule has 2 aliphatic rings. The fourth-order valence-corrected chi connectivity index (χ4v) is 5.50. The monoisotopic (exact) mass is 457 g/mol. The number of nitrogens with two attached hydrogens (primary N) is 1. The summed E-state index contributed by atoms with van der Waals surface area (Å²) in [6, 6.07) is 11.8. The number of pyridine rings is 1. The zero-order valence-corrected chi connectivity index (χ0v) is 19.4. The molecule has 8 nitrogen and oxygen atoms in total. The molecule has 0 amide bonds. The number of aromatic nitrogens is 3. The Morgan fingerprint density at radius 3 is 2.76 bits per heavy atom. The first-order valence-corrected chi connectivity index (χ1v) is 12.0. The van der Waals surface area contributed by atoms with Gasteiger partial charge in [-0.15, -0.1) is 0 Å². The number of anilines is 1. The lowest BCUT2D eigenvalue weighted by atomic mass is 9.72. The van der Waals surface area contributed by atoms with Gasteiger partial charge in [-0.1, -0.05) is 12.1 Å². The van der Waals surface area contributed by atoms with E-state index < -0.39 is 0 Å². The van der Waals surface area contributed by atoms with Crippen LogP contribution in [0.4, 0.5) is 11.6 Å². The summed E-state index contributed by atoms with van der Waals surface area (Å²) in [5.74, 6) is 1.53. The first kappa shape index (κ1) is 22.4. The van der Waals surface area contributed by atoms with E-state index in [1.807, 2.05) is 42.6 Å². The third-order valence-electron chi connectivity index (χ3n) is 7.16. The predicted octanol–water partition coefficient (Wildman–Crippen LogP) is 4.09. The summed E-state index contributed by atoms with van der Waals surface area (Å²) in [7, 11) is 0. The van der Waals surface area contributed by atoms with Crippen molar-refractivity contribution in [2.45, 2.75) is 32.2 Å².